The summed E-state index contributed by atoms with van der Waals surface area (Å²) >= 11 is 5.90. The van der Waals surface area contributed by atoms with Crippen molar-refractivity contribution in [3.8, 4) is 0 Å². The Morgan fingerprint density at radius 3 is 2.75 bits per heavy atom. The minimum atomic E-state index is -0.214. The lowest BCUT2D eigenvalue weighted by Gasteiger charge is -2.09. The summed E-state index contributed by atoms with van der Waals surface area (Å²) in [7, 11) is 0. The van der Waals surface area contributed by atoms with Crippen LogP contribution in [0, 0.1) is 0 Å². The maximum atomic E-state index is 12.2. The Labute approximate surface area is 146 Å². The third kappa shape index (κ3) is 5.57. The second-order valence-corrected chi connectivity index (χ2v) is 5.60. The molecule has 0 aliphatic rings. The standard InChI is InChI=1S/C19H19ClN2O2/c1-2-5-18(23)13-21-12-14-6-3-9-17(10-14)22-19(24)15-7-4-8-16(20)11-15/h2-11,21,23H,1,12-13H2,(H,22,24)/b18-5-. The number of hydrogen-bond donors (Lipinski definition) is 3. The Hall–Kier alpha value is -2.56. The molecule has 0 fully saturated rings. The molecule has 2 aromatic carbocycles. The maximum Gasteiger partial charge on any atom is 0.255 e. The summed E-state index contributed by atoms with van der Waals surface area (Å²) in [5.74, 6) is 0.00424. The van der Waals surface area contributed by atoms with Crippen LogP contribution < -0.4 is 10.6 Å². The van der Waals surface area contributed by atoms with Gasteiger partial charge in [-0.3, -0.25) is 4.79 Å². The van der Waals surface area contributed by atoms with E-state index in [2.05, 4.69) is 17.2 Å². The minimum absolute atomic E-state index is 0.214. The molecule has 0 aromatic heterocycles. The van der Waals surface area contributed by atoms with Crippen molar-refractivity contribution in [2.24, 2.45) is 0 Å². The fourth-order valence-electron chi connectivity index (χ4n) is 2.12. The zero-order chi connectivity index (χ0) is 17.4. The van der Waals surface area contributed by atoms with Gasteiger partial charge in [-0.15, -0.1) is 0 Å². The van der Waals surface area contributed by atoms with E-state index in [4.69, 9.17) is 11.6 Å². The topological polar surface area (TPSA) is 61.4 Å². The van der Waals surface area contributed by atoms with Gasteiger partial charge in [0.15, 0.2) is 0 Å². The maximum absolute atomic E-state index is 12.2. The van der Waals surface area contributed by atoms with Crippen molar-refractivity contribution in [3.05, 3.63) is 89.2 Å². The highest BCUT2D eigenvalue weighted by atomic mass is 35.5. The van der Waals surface area contributed by atoms with E-state index < -0.39 is 0 Å². The molecule has 24 heavy (non-hydrogen) atoms. The number of hydrogen-bond acceptors (Lipinski definition) is 3. The molecule has 4 nitrogen and oxygen atoms in total. The summed E-state index contributed by atoms with van der Waals surface area (Å²) in [4.78, 5) is 12.2. The predicted octanol–water partition coefficient (Wildman–Crippen LogP) is 4.31. The lowest BCUT2D eigenvalue weighted by atomic mass is 10.1. The normalized spacial score (nSPS) is 11.1. The Bertz CT molecular complexity index is 757. The van der Waals surface area contributed by atoms with Crippen LogP contribution in [0.3, 0.4) is 0 Å². The summed E-state index contributed by atoms with van der Waals surface area (Å²) in [5.41, 5.74) is 2.20. The van der Waals surface area contributed by atoms with Crippen molar-refractivity contribution >= 4 is 23.2 Å². The third-order valence-electron chi connectivity index (χ3n) is 3.22. The Morgan fingerprint density at radius 1 is 1.21 bits per heavy atom. The average molecular weight is 343 g/mol. The van der Waals surface area contributed by atoms with E-state index in [1.807, 2.05) is 24.3 Å². The van der Waals surface area contributed by atoms with Crippen LogP contribution in [-0.4, -0.2) is 17.6 Å². The van der Waals surface area contributed by atoms with Crippen LogP contribution in [0.25, 0.3) is 0 Å². The zero-order valence-corrected chi connectivity index (χ0v) is 13.9. The monoisotopic (exact) mass is 342 g/mol. The second kappa shape index (κ2) is 8.91. The Kier molecular flexibility index (Phi) is 6.61. The van der Waals surface area contributed by atoms with Crippen LogP contribution in [-0.2, 0) is 6.54 Å². The van der Waals surface area contributed by atoms with Gasteiger partial charge in [0, 0.05) is 22.8 Å². The van der Waals surface area contributed by atoms with Gasteiger partial charge in [-0.25, -0.2) is 0 Å². The first-order chi connectivity index (χ1) is 11.6. The molecular formula is C19H19ClN2O2. The highest BCUT2D eigenvalue weighted by molar-refractivity contribution is 6.31. The molecule has 0 unspecified atom stereocenters. The molecule has 0 heterocycles. The number of benzene rings is 2. The molecule has 5 heteroatoms. The van der Waals surface area contributed by atoms with Crippen LogP contribution in [0.4, 0.5) is 5.69 Å². The summed E-state index contributed by atoms with van der Waals surface area (Å²) in [6, 6.07) is 14.3. The number of halogens is 1. The fourth-order valence-corrected chi connectivity index (χ4v) is 2.31. The van der Waals surface area contributed by atoms with Crippen LogP contribution in [0.15, 0.2) is 73.0 Å². The lowest BCUT2D eigenvalue weighted by molar-refractivity contribution is 0.102. The van der Waals surface area contributed by atoms with E-state index in [-0.39, 0.29) is 11.7 Å². The first-order valence-corrected chi connectivity index (χ1v) is 7.83. The first-order valence-electron chi connectivity index (χ1n) is 7.45. The van der Waals surface area contributed by atoms with E-state index in [9.17, 15) is 9.90 Å². The van der Waals surface area contributed by atoms with Gasteiger partial charge in [0.2, 0.25) is 0 Å². The van der Waals surface area contributed by atoms with Crippen molar-refractivity contribution in [1.82, 2.24) is 5.32 Å². The zero-order valence-electron chi connectivity index (χ0n) is 13.1. The highest BCUT2D eigenvalue weighted by Gasteiger charge is 2.06. The first kappa shape index (κ1) is 17.8. The number of rotatable bonds is 7. The van der Waals surface area contributed by atoms with Gasteiger partial charge in [-0.05, 0) is 42.0 Å². The second-order valence-electron chi connectivity index (χ2n) is 5.16. The number of allylic oxidation sites excluding steroid dienone is 2. The number of aliphatic hydroxyl groups excluding tert-OH is 1. The number of nitrogens with one attached hydrogen (secondary N) is 2. The van der Waals surface area contributed by atoms with E-state index in [1.54, 1.807) is 24.3 Å². The average Bonchev–Trinajstić information content (AvgIpc) is 2.55. The molecule has 0 atom stereocenters. The summed E-state index contributed by atoms with van der Waals surface area (Å²) < 4.78 is 0. The SMILES string of the molecule is C=C/C=C(\O)CNCc1cccc(NC(=O)c2cccc(Cl)c2)c1. The Morgan fingerprint density at radius 2 is 2.00 bits per heavy atom. The van der Waals surface area contributed by atoms with Gasteiger partial charge in [-0.2, -0.15) is 0 Å². The van der Waals surface area contributed by atoms with Gasteiger partial charge >= 0.3 is 0 Å². The molecule has 1 amide bonds. The number of anilines is 1. The van der Waals surface area contributed by atoms with Gasteiger partial charge in [0.05, 0.1) is 6.54 Å². The van der Waals surface area contributed by atoms with Crippen LogP contribution in [0.1, 0.15) is 15.9 Å². The van der Waals surface area contributed by atoms with Crippen molar-refractivity contribution in [2.45, 2.75) is 6.54 Å². The molecule has 0 saturated carbocycles. The number of carbonyl (C=O) groups excluding carboxylic acids is 1. The number of aliphatic hydroxyl groups is 1. The summed E-state index contributed by atoms with van der Waals surface area (Å²) in [5, 5.41) is 16.0. The molecule has 3 N–H and O–H groups in total. The predicted molar refractivity (Wildman–Crippen MR) is 98.5 cm³/mol. The van der Waals surface area contributed by atoms with E-state index in [1.165, 1.54) is 12.2 Å². The molecule has 0 aliphatic carbocycles. The van der Waals surface area contributed by atoms with Gasteiger partial charge in [0.25, 0.3) is 5.91 Å². The smallest absolute Gasteiger partial charge is 0.255 e. The van der Waals surface area contributed by atoms with Crippen molar-refractivity contribution in [2.75, 3.05) is 11.9 Å². The quantitative estimate of drug-likeness (QED) is 0.519. The van der Waals surface area contributed by atoms with Crippen LogP contribution in [0.5, 0.6) is 0 Å². The van der Waals surface area contributed by atoms with Gasteiger partial charge in [-0.1, -0.05) is 42.5 Å². The lowest BCUT2D eigenvalue weighted by Crippen LogP contribution is -2.17. The van der Waals surface area contributed by atoms with Crippen molar-refractivity contribution in [3.63, 3.8) is 0 Å². The minimum Gasteiger partial charge on any atom is -0.511 e. The van der Waals surface area contributed by atoms with Crippen LogP contribution >= 0.6 is 11.6 Å². The molecule has 2 rings (SSSR count). The van der Waals surface area contributed by atoms with E-state index in [0.29, 0.717) is 29.4 Å². The van der Waals surface area contributed by atoms with E-state index in [0.717, 1.165) is 5.56 Å². The summed E-state index contributed by atoms with van der Waals surface area (Å²) in [6.07, 6.45) is 3.07. The number of carbonyl (C=O) groups is 1. The van der Waals surface area contributed by atoms with Gasteiger partial charge in [0.1, 0.15) is 5.76 Å². The van der Waals surface area contributed by atoms with Crippen molar-refractivity contribution < 1.29 is 9.90 Å². The van der Waals surface area contributed by atoms with Crippen molar-refractivity contribution in [1.29, 1.82) is 0 Å². The fraction of sp³-hybridized carbons (Fsp3) is 0.105. The summed E-state index contributed by atoms with van der Waals surface area (Å²) in [6.45, 7) is 4.44. The van der Waals surface area contributed by atoms with Gasteiger partial charge < -0.3 is 15.7 Å². The Balaban J connectivity index is 1.96. The molecule has 0 spiro atoms. The molecular weight excluding hydrogens is 324 g/mol. The van der Waals surface area contributed by atoms with E-state index >= 15 is 0 Å². The molecule has 0 radical (unpaired) electrons. The highest BCUT2D eigenvalue weighted by Crippen LogP contribution is 2.15. The third-order valence-corrected chi connectivity index (χ3v) is 3.45. The molecule has 0 saturated heterocycles. The molecule has 2 aromatic rings. The molecule has 0 aliphatic heterocycles. The largest absolute Gasteiger partial charge is 0.511 e. The molecule has 0 bridgehead atoms. The number of amides is 1. The molecule has 124 valence electrons. The van der Waals surface area contributed by atoms with Crippen LogP contribution in [0.2, 0.25) is 5.02 Å².